The summed E-state index contributed by atoms with van der Waals surface area (Å²) in [5.74, 6) is 2.09. The van der Waals surface area contributed by atoms with Gasteiger partial charge in [-0.1, -0.05) is 18.6 Å². The number of anilines is 1. The second kappa shape index (κ2) is 9.89. The number of aliphatic hydroxyl groups is 1. The quantitative estimate of drug-likeness (QED) is 0.619. The molecule has 1 aromatic carbocycles. The van der Waals surface area contributed by atoms with E-state index in [9.17, 15) is 9.90 Å². The molecule has 3 aromatic rings. The molecule has 174 valence electrons. The first kappa shape index (κ1) is 21.9. The maximum absolute atomic E-state index is 12.6. The first-order valence-corrected chi connectivity index (χ1v) is 11.9. The molecule has 8 heteroatoms. The van der Waals surface area contributed by atoms with Crippen molar-refractivity contribution in [3.63, 3.8) is 0 Å². The smallest absolute Gasteiger partial charge is 0.289 e. The highest BCUT2D eigenvalue weighted by Crippen LogP contribution is 2.27. The van der Waals surface area contributed by atoms with Gasteiger partial charge in [0.2, 0.25) is 0 Å². The zero-order valence-electron chi connectivity index (χ0n) is 18.9. The number of benzene rings is 1. The zero-order chi connectivity index (χ0) is 22.6. The maximum Gasteiger partial charge on any atom is 0.289 e. The fourth-order valence-corrected chi connectivity index (χ4v) is 5.02. The summed E-state index contributed by atoms with van der Waals surface area (Å²) in [6.07, 6.45) is 5.84. The van der Waals surface area contributed by atoms with Crippen LogP contribution in [0.5, 0.6) is 0 Å². The summed E-state index contributed by atoms with van der Waals surface area (Å²) in [4.78, 5) is 29.1. The highest BCUT2D eigenvalue weighted by Gasteiger charge is 2.27. The van der Waals surface area contributed by atoms with Gasteiger partial charge < -0.3 is 19.3 Å². The Hall–Kier alpha value is -2.97. The molecule has 5 rings (SSSR count). The standard InChI is InChI=1S/C25H31N5O3/c31-16-10-19-6-3-4-11-30(19)18-23-26-21-8-2-1-7-20(21)24(27-23)28-12-14-29(15-13-28)25(32)22-9-5-17-33-22/h1-2,5,7-9,17,19,31H,3-4,6,10-16,18H2/t19-/m1/s1. The van der Waals surface area contributed by atoms with Crippen LogP contribution in [0.3, 0.4) is 0 Å². The summed E-state index contributed by atoms with van der Waals surface area (Å²) < 4.78 is 5.29. The van der Waals surface area contributed by atoms with Crippen LogP contribution in [0.15, 0.2) is 47.1 Å². The highest BCUT2D eigenvalue weighted by molar-refractivity contribution is 5.92. The molecule has 2 saturated heterocycles. The minimum atomic E-state index is -0.0621. The number of aromatic nitrogens is 2. The number of piperazine rings is 1. The summed E-state index contributed by atoms with van der Waals surface area (Å²) >= 11 is 0. The van der Waals surface area contributed by atoms with Crippen LogP contribution < -0.4 is 4.90 Å². The predicted molar refractivity (Wildman–Crippen MR) is 126 cm³/mol. The largest absolute Gasteiger partial charge is 0.459 e. The number of para-hydroxylation sites is 1. The zero-order valence-corrected chi connectivity index (χ0v) is 18.9. The molecule has 8 nitrogen and oxygen atoms in total. The SMILES string of the molecule is O=C(c1ccco1)N1CCN(c2nc(CN3CCCC[C@@H]3CCO)nc3ccccc23)CC1. The molecule has 0 aliphatic carbocycles. The normalized spacial score (nSPS) is 19.8. The molecule has 1 atom stereocenters. The van der Waals surface area contributed by atoms with Crippen molar-refractivity contribution in [3.8, 4) is 0 Å². The van der Waals surface area contributed by atoms with E-state index < -0.39 is 0 Å². The maximum atomic E-state index is 12.6. The van der Waals surface area contributed by atoms with Gasteiger partial charge in [-0.3, -0.25) is 9.69 Å². The van der Waals surface area contributed by atoms with Gasteiger partial charge in [-0.05, 0) is 50.1 Å². The topological polar surface area (TPSA) is 85.9 Å². The lowest BCUT2D eigenvalue weighted by molar-refractivity contribution is 0.0714. The first-order chi connectivity index (χ1) is 16.2. The number of hydrogen-bond acceptors (Lipinski definition) is 7. The number of fused-ring (bicyclic) bond motifs is 1. The Labute approximate surface area is 193 Å². The second-order valence-electron chi connectivity index (χ2n) is 8.87. The number of rotatable bonds is 6. The van der Waals surface area contributed by atoms with Crippen molar-refractivity contribution in [2.75, 3.05) is 44.2 Å². The number of amides is 1. The molecule has 0 bridgehead atoms. The minimum Gasteiger partial charge on any atom is -0.459 e. The molecule has 2 fully saturated rings. The Kier molecular flexibility index (Phi) is 6.55. The van der Waals surface area contributed by atoms with Crippen LogP contribution in [0.1, 0.15) is 42.1 Å². The molecule has 33 heavy (non-hydrogen) atoms. The number of piperidine rings is 1. The molecule has 1 N–H and O–H groups in total. The average molecular weight is 450 g/mol. The third-order valence-corrected chi connectivity index (χ3v) is 6.78. The molecular weight excluding hydrogens is 418 g/mol. The van der Waals surface area contributed by atoms with E-state index in [1.165, 1.54) is 19.1 Å². The molecule has 2 aromatic heterocycles. The summed E-state index contributed by atoms with van der Waals surface area (Å²) in [6, 6.07) is 12.0. The van der Waals surface area contributed by atoms with E-state index in [4.69, 9.17) is 14.4 Å². The Balaban J connectivity index is 1.36. The van der Waals surface area contributed by atoms with Crippen LogP contribution in [-0.4, -0.2) is 76.2 Å². The van der Waals surface area contributed by atoms with Crippen LogP contribution in [0.25, 0.3) is 10.9 Å². The molecule has 1 amide bonds. The minimum absolute atomic E-state index is 0.0621. The molecule has 2 aliphatic rings. The van der Waals surface area contributed by atoms with Crippen LogP contribution in [-0.2, 0) is 6.54 Å². The van der Waals surface area contributed by atoms with E-state index in [0.717, 1.165) is 41.9 Å². The predicted octanol–water partition coefficient (Wildman–Crippen LogP) is 2.92. The second-order valence-corrected chi connectivity index (χ2v) is 8.87. The molecule has 0 unspecified atom stereocenters. The van der Waals surface area contributed by atoms with Crippen LogP contribution in [0.2, 0.25) is 0 Å². The Bertz CT molecular complexity index is 1080. The lowest BCUT2D eigenvalue weighted by Crippen LogP contribution is -2.49. The van der Waals surface area contributed by atoms with Gasteiger partial charge in [-0.25, -0.2) is 9.97 Å². The van der Waals surface area contributed by atoms with Gasteiger partial charge in [0.05, 0.1) is 18.3 Å². The van der Waals surface area contributed by atoms with Gasteiger partial charge in [-0.15, -0.1) is 0 Å². The number of likely N-dealkylation sites (tertiary alicyclic amines) is 1. The van der Waals surface area contributed by atoms with Gasteiger partial charge in [0, 0.05) is 44.2 Å². The lowest BCUT2D eigenvalue weighted by atomic mass is 9.99. The Morgan fingerprint density at radius 3 is 2.67 bits per heavy atom. The summed E-state index contributed by atoms with van der Waals surface area (Å²) in [7, 11) is 0. The van der Waals surface area contributed by atoms with Crippen molar-refractivity contribution in [2.45, 2.75) is 38.3 Å². The number of nitrogens with zero attached hydrogens (tertiary/aromatic N) is 5. The number of aliphatic hydroxyl groups excluding tert-OH is 1. The van der Waals surface area contributed by atoms with E-state index in [-0.39, 0.29) is 12.5 Å². The van der Waals surface area contributed by atoms with Crippen molar-refractivity contribution >= 4 is 22.6 Å². The average Bonchev–Trinajstić information content (AvgIpc) is 3.40. The molecule has 0 radical (unpaired) electrons. The van der Waals surface area contributed by atoms with Gasteiger partial charge in [0.25, 0.3) is 5.91 Å². The number of carbonyl (C=O) groups is 1. The molecule has 4 heterocycles. The van der Waals surface area contributed by atoms with E-state index in [1.807, 2.05) is 23.1 Å². The van der Waals surface area contributed by atoms with Crippen molar-refractivity contribution in [1.82, 2.24) is 19.8 Å². The number of furan rings is 1. The third kappa shape index (κ3) is 4.72. The van der Waals surface area contributed by atoms with Gasteiger partial charge in [0.1, 0.15) is 11.6 Å². The summed E-state index contributed by atoms with van der Waals surface area (Å²) in [6.45, 7) is 4.60. The molecule has 0 saturated carbocycles. The van der Waals surface area contributed by atoms with Crippen molar-refractivity contribution in [3.05, 3.63) is 54.2 Å². The lowest BCUT2D eigenvalue weighted by Gasteiger charge is -2.36. The fraction of sp³-hybridized carbons (Fsp3) is 0.480. The number of carbonyl (C=O) groups excluding carboxylic acids is 1. The Morgan fingerprint density at radius 1 is 1.03 bits per heavy atom. The van der Waals surface area contributed by atoms with E-state index in [0.29, 0.717) is 44.5 Å². The molecule has 2 aliphatic heterocycles. The highest BCUT2D eigenvalue weighted by atomic mass is 16.3. The van der Waals surface area contributed by atoms with E-state index >= 15 is 0 Å². The number of hydrogen-bond donors (Lipinski definition) is 1. The molecular formula is C25H31N5O3. The third-order valence-electron chi connectivity index (χ3n) is 6.78. The van der Waals surface area contributed by atoms with Crippen LogP contribution >= 0.6 is 0 Å². The summed E-state index contributed by atoms with van der Waals surface area (Å²) in [5, 5.41) is 10.5. The van der Waals surface area contributed by atoms with Crippen molar-refractivity contribution in [2.24, 2.45) is 0 Å². The fourth-order valence-electron chi connectivity index (χ4n) is 5.02. The molecule has 0 spiro atoms. The summed E-state index contributed by atoms with van der Waals surface area (Å²) in [5.41, 5.74) is 0.947. The van der Waals surface area contributed by atoms with E-state index in [2.05, 4.69) is 15.9 Å². The van der Waals surface area contributed by atoms with Gasteiger partial charge in [0.15, 0.2) is 5.76 Å². The van der Waals surface area contributed by atoms with Crippen LogP contribution in [0, 0.1) is 0 Å². The van der Waals surface area contributed by atoms with Crippen molar-refractivity contribution < 1.29 is 14.3 Å². The first-order valence-electron chi connectivity index (χ1n) is 11.9. The van der Waals surface area contributed by atoms with Crippen LogP contribution in [0.4, 0.5) is 5.82 Å². The monoisotopic (exact) mass is 449 g/mol. The van der Waals surface area contributed by atoms with E-state index in [1.54, 1.807) is 12.1 Å². The van der Waals surface area contributed by atoms with Gasteiger partial charge in [-0.2, -0.15) is 0 Å². The van der Waals surface area contributed by atoms with Crippen molar-refractivity contribution in [1.29, 1.82) is 0 Å². The van der Waals surface area contributed by atoms with Gasteiger partial charge >= 0.3 is 0 Å². The Morgan fingerprint density at radius 2 is 1.88 bits per heavy atom.